The zero-order chi connectivity index (χ0) is 33.0. The van der Waals surface area contributed by atoms with E-state index in [4.69, 9.17) is 14.4 Å². The van der Waals surface area contributed by atoms with Gasteiger partial charge in [0.2, 0.25) is 0 Å². The molecule has 0 N–H and O–H groups in total. The minimum atomic E-state index is 0.658. The fraction of sp³-hybridized carbons (Fsp3) is 0. The van der Waals surface area contributed by atoms with Crippen LogP contribution in [0.3, 0.4) is 0 Å². The maximum atomic E-state index is 6.74. The summed E-state index contributed by atoms with van der Waals surface area (Å²) in [6.45, 7) is 0. The summed E-state index contributed by atoms with van der Waals surface area (Å²) in [4.78, 5) is 14.5. The second-order valence-corrected chi connectivity index (χ2v) is 13.5. The van der Waals surface area contributed by atoms with Gasteiger partial charge in [0.15, 0.2) is 5.82 Å². The van der Waals surface area contributed by atoms with E-state index < -0.39 is 0 Å². The van der Waals surface area contributed by atoms with Crippen molar-refractivity contribution in [3.63, 3.8) is 0 Å². The second kappa shape index (κ2) is 11.6. The molecule has 4 nitrogen and oxygen atoms in total. The first-order valence-corrected chi connectivity index (χ1v) is 17.4. The molecule has 0 radical (unpaired) electrons. The van der Waals surface area contributed by atoms with Gasteiger partial charge >= 0.3 is 0 Å². The summed E-state index contributed by atoms with van der Waals surface area (Å²) < 4.78 is 9.32. The standard InChI is InChI=1S/C45H27N3OS/c1-2-8-30(9-3-1)38-27-39(48-45(47-38)31-16-14-28(15-17-31)29-22-24-46-25-23-29)35-20-19-33(43-36-11-4-6-12-40(36)49-44(35)43)32-18-21-42-37(26-32)34-10-5-7-13-41(34)50-42/h1-27H. The van der Waals surface area contributed by atoms with Crippen LogP contribution in [0.25, 0.3) is 98.3 Å². The molecule has 0 bridgehead atoms. The zero-order valence-corrected chi connectivity index (χ0v) is 27.6. The van der Waals surface area contributed by atoms with Crippen molar-refractivity contribution in [2.45, 2.75) is 0 Å². The van der Waals surface area contributed by atoms with Crippen molar-refractivity contribution in [3.05, 3.63) is 164 Å². The van der Waals surface area contributed by atoms with Crippen LogP contribution >= 0.6 is 11.3 Å². The van der Waals surface area contributed by atoms with Crippen LogP contribution in [0, 0.1) is 0 Å². The van der Waals surface area contributed by atoms with Gasteiger partial charge in [-0.2, -0.15) is 0 Å². The van der Waals surface area contributed by atoms with E-state index in [1.54, 1.807) is 0 Å². The molecule has 0 fully saturated rings. The van der Waals surface area contributed by atoms with Crippen LogP contribution in [0.2, 0.25) is 0 Å². The summed E-state index contributed by atoms with van der Waals surface area (Å²) in [5, 5.41) is 4.73. The number of benzene rings is 6. The molecule has 10 aromatic rings. The van der Waals surface area contributed by atoms with E-state index in [9.17, 15) is 0 Å². The lowest BCUT2D eigenvalue weighted by atomic mass is 9.95. The number of furan rings is 1. The second-order valence-electron chi connectivity index (χ2n) is 12.4. The molecule has 4 heterocycles. The predicted molar refractivity (Wildman–Crippen MR) is 207 cm³/mol. The summed E-state index contributed by atoms with van der Waals surface area (Å²) in [6.07, 6.45) is 3.63. The Bertz CT molecular complexity index is 2860. The highest BCUT2D eigenvalue weighted by atomic mass is 32.1. The number of para-hydroxylation sites is 1. The van der Waals surface area contributed by atoms with Crippen molar-refractivity contribution >= 4 is 53.4 Å². The number of pyridine rings is 1. The number of fused-ring (bicyclic) bond motifs is 6. The average Bonchev–Trinajstić information content (AvgIpc) is 3.77. The largest absolute Gasteiger partial charge is 0.455 e. The predicted octanol–water partition coefficient (Wildman–Crippen LogP) is 12.5. The van der Waals surface area contributed by atoms with Crippen LogP contribution in [-0.4, -0.2) is 15.0 Å². The number of hydrogen-bond donors (Lipinski definition) is 0. The number of hydrogen-bond acceptors (Lipinski definition) is 5. The summed E-state index contributed by atoms with van der Waals surface area (Å²) in [5.74, 6) is 0.658. The smallest absolute Gasteiger partial charge is 0.160 e. The van der Waals surface area contributed by atoms with Gasteiger partial charge in [-0.15, -0.1) is 11.3 Å². The van der Waals surface area contributed by atoms with Gasteiger partial charge in [-0.1, -0.05) is 103 Å². The van der Waals surface area contributed by atoms with E-state index in [2.05, 4.69) is 114 Å². The monoisotopic (exact) mass is 657 g/mol. The van der Waals surface area contributed by atoms with Crippen LogP contribution in [0.5, 0.6) is 0 Å². The zero-order valence-electron chi connectivity index (χ0n) is 26.7. The highest BCUT2D eigenvalue weighted by Gasteiger charge is 2.20. The van der Waals surface area contributed by atoms with E-state index in [1.807, 2.05) is 66.2 Å². The molecule has 5 heteroatoms. The van der Waals surface area contributed by atoms with E-state index in [-0.39, 0.29) is 0 Å². The number of thiophene rings is 1. The molecule has 0 aliphatic carbocycles. The lowest BCUT2D eigenvalue weighted by Crippen LogP contribution is -1.96. The minimum Gasteiger partial charge on any atom is -0.455 e. The van der Waals surface area contributed by atoms with Crippen LogP contribution < -0.4 is 0 Å². The molecule has 0 aliphatic heterocycles. The molecule has 0 unspecified atom stereocenters. The molecule has 50 heavy (non-hydrogen) atoms. The summed E-state index contributed by atoms with van der Waals surface area (Å²) in [5.41, 5.74) is 10.7. The fourth-order valence-corrected chi connectivity index (χ4v) is 8.08. The molecule has 0 spiro atoms. The Labute approximate surface area is 292 Å². The summed E-state index contributed by atoms with van der Waals surface area (Å²) >= 11 is 1.84. The molecular formula is C45H27N3OS. The van der Waals surface area contributed by atoms with Gasteiger partial charge in [0.1, 0.15) is 11.2 Å². The van der Waals surface area contributed by atoms with Crippen LogP contribution in [0.1, 0.15) is 0 Å². The average molecular weight is 658 g/mol. The van der Waals surface area contributed by atoms with Crippen LogP contribution in [0.15, 0.2) is 168 Å². The van der Waals surface area contributed by atoms with E-state index in [0.29, 0.717) is 5.82 Å². The number of aromatic nitrogens is 3. The van der Waals surface area contributed by atoms with Crippen molar-refractivity contribution in [1.82, 2.24) is 15.0 Å². The molecular weight excluding hydrogens is 631 g/mol. The van der Waals surface area contributed by atoms with Gasteiger partial charge in [-0.05, 0) is 70.8 Å². The Hall–Kier alpha value is -6.43. The first kappa shape index (κ1) is 28.6. The molecule has 4 aromatic heterocycles. The van der Waals surface area contributed by atoms with Gasteiger partial charge in [0.25, 0.3) is 0 Å². The molecule has 10 rings (SSSR count). The van der Waals surface area contributed by atoms with Crippen LogP contribution in [-0.2, 0) is 0 Å². The Morgan fingerprint density at radius 1 is 0.440 bits per heavy atom. The van der Waals surface area contributed by atoms with Gasteiger partial charge in [-0.3, -0.25) is 4.98 Å². The van der Waals surface area contributed by atoms with Gasteiger partial charge in [0.05, 0.1) is 11.4 Å². The molecule has 0 atom stereocenters. The summed E-state index contributed by atoms with van der Waals surface area (Å²) in [6, 6.07) is 53.0. The third-order valence-corrected chi connectivity index (χ3v) is 10.6. The maximum Gasteiger partial charge on any atom is 0.160 e. The fourth-order valence-electron chi connectivity index (χ4n) is 6.99. The Morgan fingerprint density at radius 3 is 1.96 bits per heavy atom. The third kappa shape index (κ3) is 4.79. The maximum absolute atomic E-state index is 6.74. The van der Waals surface area contributed by atoms with Crippen LogP contribution in [0.4, 0.5) is 0 Å². The van der Waals surface area contributed by atoms with E-state index in [1.165, 1.54) is 20.2 Å². The van der Waals surface area contributed by atoms with Gasteiger partial charge in [-0.25, -0.2) is 9.97 Å². The quantitative estimate of drug-likeness (QED) is 0.185. The highest BCUT2D eigenvalue weighted by molar-refractivity contribution is 7.25. The first-order valence-electron chi connectivity index (χ1n) is 16.6. The molecule has 234 valence electrons. The van der Waals surface area contributed by atoms with E-state index >= 15 is 0 Å². The Balaban J connectivity index is 1.18. The molecule has 0 aliphatic rings. The molecule has 0 saturated carbocycles. The molecule has 0 saturated heterocycles. The van der Waals surface area contributed by atoms with Gasteiger partial charge < -0.3 is 4.42 Å². The number of nitrogens with zero attached hydrogens (tertiary/aromatic N) is 3. The van der Waals surface area contributed by atoms with Crippen molar-refractivity contribution in [2.24, 2.45) is 0 Å². The lowest BCUT2D eigenvalue weighted by molar-refractivity contribution is 0.670. The third-order valence-electron chi connectivity index (χ3n) is 9.44. The molecule has 0 amide bonds. The Morgan fingerprint density at radius 2 is 1.10 bits per heavy atom. The first-order chi connectivity index (χ1) is 24.8. The van der Waals surface area contributed by atoms with E-state index in [0.717, 1.165) is 72.3 Å². The highest BCUT2D eigenvalue weighted by Crippen LogP contribution is 2.44. The lowest BCUT2D eigenvalue weighted by Gasteiger charge is -2.12. The Kier molecular flexibility index (Phi) is 6.64. The van der Waals surface area contributed by atoms with Crippen molar-refractivity contribution in [3.8, 4) is 56.2 Å². The summed E-state index contributed by atoms with van der Waals surface area (Å²) in [7, 11) is 0. The topological polar surface area (TPSA) is 51.8 Å². The minimum absolute atomic E-state index is 0.658. The van der Waals surface area contributed by atoms with Crippen molar-refractivity contribution in [1.29, 1.82) is 0 Å². The normalized spacial score (nSPS) is 11.6. The van der Waals surface area contributed by atoms with Gasteiger partial charge in [0, 0.05) is 60.0 Å². The molecule has 6 aromatic carbocycles. The number of rotatable bonds is 5. The van der Waals surface area contributed by atoms with Crippen molar-refractivity contribution in [2.75, 3.05) is 0 Å². The SMILES string of the molecule is c1ccc(-c2cc(-c3ccc(-c4ccc5sc6ccccc6c5c4)c4c3oc3ccccc34)nc(-c3ccc(-c4ccncc4)cc3)n2)cc1. The van der Waals surface area contributed by atoms with Crippen molar-refractivity contribution < 1.29 is 4.42 Å².